The minimum absolute atomic E-state index is 0.0931. The van der Waals surface area contributed by atoms with Gasteiger partial charge in [0.05, 0.1) is 11.2 Å². The lowest BCUT2D eigenvalue weighted by atomic mass is 10.2. The topological polar surface area (TPSA) is 88.0 Å². The molecule has 0 bridgehead atoms. The number of aromatic hydroxyl groups is 1. The number of hydrogen-bond acceptors (Lipinski definition) is 6. The molecule has 0 saturated carbocycles. The molecule has 7 heteroatoms. The summed E-state index contributed by atoms with van der Waals surface area (Å²) in [6.07, 6.45) is 1.68. The lowest BCUT2D eigenvalue weighted by Gasteiger charge is -2.05. The minimum Gasteiger partial charge on any atom is -0.492 e. The van der Waals surface area contributed by atoms with Crippen LogP contribution < -0.4 is 5.32 Å². The lowest BCUT2D eigenvalue weighted by molar-refractivity contribution is 0.101. The van der Waals surface area contributed by atoms with Gasteiger partial charge in [0, 0.05) is 22.8 Å². The van der Waals surface area contributed by atoms with E-state index in [9.17, 15) is 9.90 Å². The van der Waals surface area contributed by atoms with Gasteiger partial charge >= 0.3 is 0 Å². The smallest absolute Gasteiger partial charge is 0.293 e. The number of carbonyl (C=O) groups is 1. The first kappa shape index (κ1) is 15.2. The Kier molecular flexibility index (Phi) is 3.83. The summed E-state index contributed by atoms with van der Waals surface area (Å²) >= 11 is 1.31. The average molecular weight is 348 g/mol. The molecule has 0 spiro atoms. The van der Waals surface area contributed by atoms with E-state index in [-0.39, 0.29) is 11.7 Å². The highest BCUT2D eigenvalue weighted by atomic mass is 32.1. The molecule has 122 valence electrons. The maximum absolute atomic E-state index is 12.4. The largest absolute Gasteiger partial charge is 0.492 e. The van der Waals surface area contributed by atoms with Crippen molar-refractivity contribution in [1.29, 1.82) is 0 Å². The van der Waals surface area contributed by atoms with Crippen molar-refractivity contribution in [2.75, 3.05) is 5.32 Å². The van der Waals surface area contributed by atoms with Crippen LogP contribution in [-0.4, -0.2) is 26.0 Å². The van der Waals surface area contributed by atoms with E-state index < -0.39 is 5.91 Å². The van der Waals surface area contributed by atoms with Gasteiger partial charge in [-0.05, 0) is 24.3 Å². The Balaban J connectivity index is 1.77. The summed E-state index contributed by atoms with van der Waals surface area (Å²) < 4.78 is 0.525. The molecule has 4 rings (SSSR count). The maximum atomic E-state index is 12.4. The molecule has 0 saturated heterocycles. The predicted molar refractivity (Wildman–Crippen MR) is 96.7 cm³/mol. The Labute approximate surface area is 146 Å². The van der Waals surface area contributed by atoms with Crippen LogP contribution in [0, 0.1) is 0 Å². The van der Waals surface area contributed by atoms with E-state index in [2.05, 4.69) is 20.3 Å². The summed E-state index contributed by atoms with van der Waals surface area (Å²) in [6, 6.07) is 14.6. The van der Waals surface area contributed by atoms with Crippen molar-refractivity contribution in [1.82, 2.24) is 15.0 Å². The molecular formula is C18H12N4O2S. The zero-order valence-corrected chi connectivity index (χ0v) is 13.7. The summed E-state index contributed by atoms with van der Waals surface area (Å²) in [5.74, 6) is -0.790. The summed E-state index contributed by atoms with van der Waals surface area (Å²) in [5, 5.41) is 14.7. The fourth-order valence-corrected chi connectivity index (χ4v) is 3.30. The van der Waals surface area contributed by atoms with E-state index in [1.165, 1.54) is 11.3 Å². The fourth-order valence-electron chi connectivity index (χ4n) is 2.42. The van der Waals surface area contributed by atoms with Crippen molar-refractivity contribution in [3.8, 4) is 17.1 Å². The zero-order chi connectivity index (χ0) is 17.2. The van der Waals surface area contributed by atoms with Gasteiger partial charge < -0.3 is 10.4 Å². The molecule has 0 aliphatic heterocycles. The number of fused-ring (bicyclic) bond motifs is 1. The highest BCUT2D eigenvalue weighted by Crippen LogP contribution is 2.35. The number of carbonyl (C=O) groups excluding carboxylic acids is 1. The maximum Gasteiger partial charge on any atom is 0.293 e. The van der Waals surface area contributed by atoms with Gasteiger partial charge in [-0.15, -0.1) is 11.3 Å². The van der Waals surface area contributed by atoms with E-state index in [4.69, 9.17) is 0 Å². The van der Waals surface area contributed by atoms with Crippen molar-refractivity contribution in [3.63, 3.8) is 0 Å². The van der Waals surface area contributed by atoms with E-state index in [1.807, 2.05) is 41.8 Å². The number of hydrogen-bond donors (Lipinski definition) is 2. The number of aromatic nitrogens is 3. The predicted octanol–water partition coefficient (Wildman–Crippen LogP) is 3.71. The van der Waals surface area contributed by atoms with Gasteiger partial charge in [0.1, 0.15) is 4.70 Å². The second-order valence-corrected chi connectivity index (χ2v) is 6.11. The number of benzene rings is 1. The molecule has 3 heterocycles. The molecule has 4 aromatic rings. The average Bonchev–Trinajstić information content (AvgIpc) is 3.08. The number of para-hydroxylation sites is 1. The number of rotatable bonds is 3. The van der Waals surface area contributed by atoms with Crippen LogP contribution in [0.15, 0.2) is 60.1 Å². The van der Waals surface area contributed by atoms with E-state index >= 15 is 0 Å². The lowest BCUT2D eigenvalue weighted by Crippen LogP contribution is -2.15. The molecule has 1 aromatic carbocycles. The molecule has 0 aliphatic carbocycles. The monoisotopic (exact) mass is 348 g/mol. The Morgan fingerprint density at radius 3 is 2.60 bits per heavy atom. The van der Waals surface area contributed by atoms with E-state index in [0.717, 1.165) is 11.3 Å². The van der Waals surface area contributed by atoms with Crippen LogP contribution >= 0.6 is 11.3 Å². The van der Waals surface area contributed by atoms with Gasteiger partial charge in [0.25, 0.3) is 5.91 Å². The molecular weight excluding hydrogens is 336 g/mol. The highest BCUT2D eigenvalue weighted by Gasteiger charge is 2.18. The SMILES string of the molecule is O=C(Nc1ccccc1)c1nc(O)c2scc(-c3ccccn3)c2n1. The normalized spacial score (nSPS) is 10.7. The molecule has 0 radical (unpaired) electrons. The third-order valence-electron chi connectivity index (χ3n) is 3.57. The van der Waals surface area contributed by atoms with E-state index in [0.29, 0.717) is 15.9 Å². The molecule has 0 unspecified atom stereocenters. The Bertz CT molecular complexity index is 1050. The molecule has 0 atom stereocenters. The summed E-state index contributed by atoms with van der Waals surface area (Å²) in [7, 11) is 0. The van der Waals surface area contributed by atoms with Crippen LogP contribution in [0.5, 0.6) is 5.88 Å². The summed E-state index contributed by atoms with van der Waals surface area (Å²) in [5.41, 5.74) is 2.62. The van der Waals surface area contributed by atoms with Crippen molar-refractivity contribution in [2.24, 2.45) is 0 Å². The molecule has 0 aliphatic rings. The number of anilines is 1. The van der Waals surface area contributed by atoms with Crippen LogP contribution in [0.3, 0.4) is 0 Å². The number of nitrogens with one attached hydrogen (secondary N) is 1. The molecule has 3 aromatic heterocycles. The Hall–Kier alpha value is -3.32. The van der Waals surface area contributed by atoms with Crippen molar-refractivity contribution in [3.05, 3.63) is 65.9 Å². The highest BCUT2D eigenvalue weighted by molar-refractivity contribution is 7.18. The number of pyridine rings is 1. The van der Waals surface area contributed by atoms with Crippen molar-refractivity contribution < 1.29 is 9.90 Å². The van der Waals surface area contributed by atoms with Gasteiger partial charge in [-0.2, -0.15) is 4.98 Å². The summed E-state index contributed by atoms with van der Waals surface area (Å²) in [4.78, 5) is 25.0. The second-order valence-electron chi connectivity index (χ2n) is 5.23. The van der Waals surface area contributed by atoms with Gasteiger partial charge in [0.2, 0.25) is 11.7 Å². The van der Waals surface area contributed by atoms with Gasteiger partial charge in [-0.3, -0.25) is 9.78 Å². The van der Waals surface area contributed by atoms with E-state index in [1.54, 1.807) is 18.3 Å². The molecule has 25 heavy (non-hydrogen) atoms. The van der Waals surface area contributed by atoms with Crippen molar-refractivity contribution >= 4 is 33.1 Å². The molecule has 6 nitrogen and oxygen atoms in total. The van der Waals surface area contributed by atoms with Crippen LogP contribution in [-0.2, 0) is 0 Å². The van der Waals surface area contributed by atoms with Crippen LogP contribution in [0.4, 0.5) is 5.69 Å². The second kappa shape index (κ2) is 6.29. The zero-order valence-electron chi connectivity index (χ0n) is 12.9. The van der Waals surface area contributed by atoms with Crippen LogP contribution in [0.1, 0.15) is 10.6 Å². The number of thiophene rings is 1. The van der Waals surface area contributed by atoms with Crippen molar-refractivity contribution in [2.45, 2.75) is 0 Å². The summed E-state index contributed by atoms with van der Waals surface area (Å²) in [6.45, 7) is 0. The quantitative estimate of drug-likeness (QED) is 0.589. The fraction of sp³-hybridized carbons (Fsp3) is 0. The minimum atomic E-state index is -0.485. The van der Waals surface area contributed by atoms with Gasteiger partial charge in [0.15, 0.2) is 0 Å². The first-order chi connectivity index (χ1) is 12.2. The van der Waals surface area contributed by atoms with Crippen LogP contribution in [0.25, 0.3) is 21.5 Å². The molecule has 0 fully saturated rings. The third-order valence-corrected chi connectivity index (χ3v) is 4.54. The van der Waals surface area contributed by atoms with Gasteiger partial charge in [-0.1, -0.05) is 24.3 Å². The van der Waals surface area contributed by atoms with Gasteiger partial charge in [-0.25, -0.2) is 4.98 Å². The van der Waals surface area contributed by atoms with Crippen LogP contribution in [0.2, 0.25) is 0 Å². The standard InChI is InChI=1S/C18H12N4O2S/c23-17-15-14(12(10-25-15)13-8-4-5-9-19-13)21-16(22-17)18(24)20-11-6-2-1-3-7-11/h1-10H,(H,20,24)(H,21,22,23). The first-order valence-electron chi connectivity index (χ1n) is 7.48. The molecule has 1 amide bonds. The first-order valence-corrected chi connectivity index (χ1v) is 8.36. The Morgan fingerprint density at radius 1 is 1.04 bits per heavy atom. The number of amides is 1. The third kappa shape index (κ3) is 2.92. The molecule has 2 N–H and O–H groups in total. The number of nitrogens with zero attached hydrogens (tertiary/aromatic N) is 3. The Morgan fingerprint density at radius 2 is 1.84 bits per heavy atom.